The first-order chi connectivity index (χ1) is 11.9. The van der Waals surface area contributed by atoms with E-state index in [9.17, 15) is 12.8 Å². The molecule has 25 heavy (non-hydrogen) atoms. The molecule has 1 aromatic heterocycles. The number of aromatic nitrogens is 2. The molecular weight excluding hydrogens is 369 g/mol. The van der Waals surface area contributed by atoms with Crippen molar-refractivity contribution in [1.29, 1.82) is 0 Å². The number of halogens is 2. The molecule has 0 amide bonds. The lowest BCUT2D eigenvalue weighted by atomic mass is 10.1. The van der Waals surface area contributed by atoms with Crippen LogP contribution in [0.3, 0.4) is 0 Å². The van der Waals surface area contributed by atoms with E-state index in [2.05, 4.69) is 9.97 Å². The summed E-state index contributed by atoms with van der Waals surface area (Å²) in [4.78, 5) is 7.69. The summed E-state index contributed by atoms with van der Waals surface area (Å²) >= 11 is 5.96. The van der Waals surface area contributed by atoms with E-state index in [4.69, 9.17) is 16.3 Å². The van der Waals surface area contributed by atoms with E-state index in [0.717, 1.165) is 12.4 Å². The van der Waals surface area contributed by atoms with Crippen LogP contribution < -0.4 is 4.74 Å². The van der Waals surface area contributed by atoms with E-state index in [1.807, 2.05) is 0 Å². The molecule has 0 spiro atoms. The number of sulfonamides is 1. The van der Waals surface area contributed by atoms with Crippen LogP contribution in [0.25, 0.3) is 0 Å². The van der Waals surface area contributed by atoms with Crippen LogP contribution in [0.2, 0.25) is 5.02 Å². The highest BCUT2D eigenvalue weighted by Crippen LogP contribution is 2.26. The third-order valence-corrected chi connectivity index (χ3v) is 6.22. The van der Waals surface area contributed by atoms with Gasteiger partial charge in [0.25, 0.3) is 0 Å². The highest BCUT2D eigenvalue weighted by atomic mass is 35.5. The quantitative estimate of drug-likeness (QED) is 0.809. The number of benzene rings is 1. The van der Waals surface area contributed by atoms with Gasteiger partial charge in [0, 0.05) is 11.6 Å². The van der Waals surface area contributed by atoms with Crippen molar-refractivity contribution in [3.05, 3.63) is 47.0 Å². The lowest BCUT2D eigenvalue weighted by molar-refractivity contribution is 0.119. The monoisotopic (exact) mass is 385 g/mol. The molecule has 2 heterocycles. The van der Waals surface area contributed by atoms with Gasteiger partial charge in [-0.05, 0) is 37.5 Å². The first-order valence-corrected chi connectivity index (χ1v) is 9.58. The summed E-state index contributed by atoms with van der Waals surface area (Å²) in [5.41, 5.74) is 0.634. The average Bonchev–Trinajstić information content (AvgIpc) is 2.59. The molecule has 134 valence electrons. The van der Waals surface area contributed by atoms with Gasteiger partial charge in [0.05, 0.1) is 23.8 Å². The molecule has 6 nitrogen and oxygen atoms in total. The van der Waals surface area contributed by atoms with E-state index < -0.39 is 21.9 Å². The fraction of sp³-hybridized carbons (Fsp3) is 0.375. The lowest BCUT2D eigenvalue weighted by Crippen LogP contribution is -2.44. The number of ether oxygens (including phenoxy) is 1. The maximum absolute atomic E-state index is 12.9. The van der Waals surface area contributed by atoms with E-state index in [1.54, 1.807) is 19.1 Å². The van der Waals surface area contributed by atoms with Crippen LogP contribution >= 0.6 is 11.6 Å². The van der Waals surface area contributed by atoms with E-state index in [0.29, 0.717) is 30.0 Å². The summed E-state index contributed by atoms with van der Waals surface area (Å²) in [5.74, 6) is -0.559. The summed E-state index contributed by atoms with van der Waals surface area (Å²) < 4.78 is 45.7. The number of piperidine rings is 1. The van der Waals surface area contributed by atoms with Crippen LogP contribution in [-0.2, 0) is 10.0 Å². The van der Waals surface area contributed by atoms with Gasteiger partial charge < -0.3 is 4.74 Å². The Kier molecular flexibility index (Phi) is 5.21. The zero-order valence-electron chi connectivity index (χ0n) is 13.5. The maximum atomic E-state index is 12.9. The van der Waals surface area contributed by atoms with Crippen LogP contribution in [0.15, 0.2) is 35.5 Å². The Morgan fingerprint density at radius 1 is 1.32 bits per heavy atom. The molecule has 2 aromatic rings. The molecule has 1 aliphatic rings. The van der Waals surface area contributed by atoms with Crippen LogP contribution in [0.4, 0.5) is 4.39 Å². The van der Waals surface area contributed by atoms with Crippen molar-refractivity contribution in [2.45, 2.75) is 30.8 Å². The summed E-state index contributed by atoms with van der Waals surface area (Å²) in [7, 11) is -3.68. The molecule has 1 atom stereocenters. The molecule has 0 unspecified atom stereocenters. The fourth-order valence-electron chi connectivity index (χ4n) is 2.72. The predicted molar refractivity (Wildman–Crippen MR) is 90.6 cm³/mol. The van der Waals surface area contributed by atoms with Crippen LogP contribution in [0.1, 0.15) is 18.4 Å². The number of hydrogen-bond donors (Lipinski definition) is 0. The minimum atomic E-state index is -3.68. The largest absolute Gasteiger partial charge is 0.459 e. The minimum Gasteiger partial charge on any atom is -0.459 e. The zero-order chi connectivity index (χ0) is 18.0. The van der Waals surface area contributed by atoms with Gasteiger partial charge in [0.1, 0.15) is 6.10 Å². The van der Waals surface area contributed by atoms with Crippen LogP contribution in [0, 0.1) is 12.7 Å². The fourth-order valence-corrected chi connectivity index (χ4v) is 4.72. The van der Waals surface area contributed by atoms with Crippen LogP contribution in [-0.4, -0.2) is 41.9 Å². The summed E-state index contributed by atoms with van der Waals surface area (Å²) in [6.45, 7) is 2.31. The van der Waals surface area contributed by atoms with E-state index in [1.165, 1.54) is 10.4 Å². The predicted octanol–water partition coefficient (Wildman–Crippen LogP) is 2.81. The van der Waals surface area contributed by atoms with E-state index in [-0.39, 0.29) is 17.5 Å². The summed E-state index contributed by atoms with van der Waals surface area (Å²) in [5, 5.41) is 0.369. The molecule has 0 radical (unpaired) electrons. The minimum absolute atomic E-state index is 0.0320. The smallest absolute Gasteiger partial charge is 0.316 e. The van der Waals surface area contributed by atoms with Crippen molar-refractivity contribution < 1.29 is 17.5 Å². The van der Waals surface area contributed by atoms with Crippen molar-refractivity contribution in [1.82, 2.24) is 14.3 Å². The Labute approximate surface area is 150 Å². The number of nitrogens with zero attached hydrogens (tertiary/aromatic N) is 3. The van der Waals surface area contributed by atoms with Gasteiger partial charge in [-0.1, -0.05) is 17.7 Å². The molecule has 1 saturated heterocycles. The van der Waals surface area contributed by atoms with Crippen molar-refractivity contribution in [2.75, 3.05) is 13.1 Å². The van der Waals surface area contributed by atoms with Gasteiger partial charge >= 0.3 is 6.01 Å². The number of aryl methyl sites for hydroxylation is 1. The zero-order valence-corrected chi connectivity index (χ0v) is 15.1. The van der Waals surface area contributed by atoms with Gasteiger partial charge in [0.2, 0.25) is 10.0 Å². The molecule has 0 saturated carbocycles. The van der Waals surface area contributed by atoms with Crippen molar-refractivity contribution in [3.8, 4) is 6.01 Å². The summed E-state index contributed by atoms with van der Waals surface area (Å²) in [6, 6.07) is 4.83. The third kappa shape index (κ3) is 4.08. The first kappa shape index (κ1) is 18.0. The molecule has 1 aromatic carbocycles. The standard InChI is InChI=1S/C16H17ClFN3O3S/c1-11-4-5-12(17)7-15(11)25(22,23)21-6-2-3-14(10-21)24-16-19-8-13(18)9-20-16/h4-5,7-9,14H,2-3,6,10H2,1H3/t14-/m0/s1. The first-order valence-electron chi connectivity index (χ1n) is 7.77. The van der Waals surface area contributed by atoms with Gasteiger partial charge in [-0.2, -0.15) is 4.31 Å². The Morgan fingerprint density at radius 3 is 2.76 bits per heavy atom. The molecule has 1 fully saturated rings. The molecule has 0 N–H and O–H groups in total. The maximum Gasteiger partial charge on any atom is 0.316 e. The van der Waals surface area contributed by atoms with Gasteiger partial charge in [-0.25, -0.2) is 22.8 Å². The molecule has 0 bridgehead atoms. The Morgan fingerprint density at radius 2 is 2.04 bits per heavy atom. The molecule has 9 heteroatoms. The second-order valence-electron chi connectivity index (χ2n) is 5.84. The number of hydrogen-bond acceptors (Lipinski definition) is 5. The second kappa shape index (κ2) is 7.23. The Hall–Kier alpha value is -1.77. The normalized spacial score (nSPS) is 18.9. The number of rotatable bonds is 4. The highest BCUT2D eigenvalue weighted by molar-refractivity contribution is 7.89. The van der Waals surface area contributed by atoms with Crippen molar-refractivity contribution in [3.63, 3.8) is 0 Å². The van der Waals surface area contributed by atoms with Gasteiger partial charge in [-0.15, -0.1) is 0 Å². The van der Waals surface area contributed by atoms with Crippen molar-refractivity contribution in [2.24, 2.45) is 0 Å². The third-order valence-electron chi connectivity index (χ3n) is 3.98. The van der Waals surface area contributed by atoms with Gasteiger partial charge in [0.15, 0.2) is 5.82 Å². The molecular formula is C16H17ClFN3O3S. The van der Waals surface area contributed by atoms with Crippen molar-refractivity contribution >= 4 is 21.6 Å². The van der Waals surface area contributed by atoms with E-state index >= 15 is 0 Å². The van der Waals surface area contributed by atoms with Crippen LogP contribution in [0.5, 0.6) is 6.01 Å². The Bertz CT molecular complexity index is 861. The average molecular weight is 386 g/mol. The van der Waals surface area contributed by atoms with Gasteiger partial charge in [-0.3, -0.25) is 0 Å². The second-order valence-corrected chi connectivity index (χ2v) is 8.18. The molecule has 3 rings (SSSR count). The molecule has 1 aliphatic heterocycles. The summed E-state index contributed by atoms with van der Waals surface area (Å²) in [6.07, 6.45) is 2.93. The molecule has 0 aliphatic carbocycles. The lowest BCUT2D eigenvalue weighted by Gasteiger charge is -2.31. The Balaban J connectivity index is 1.78. The topological polar surface area (TPSA) is 72.4 Å². The SMILES string of the molecule is Cc1ccc(Cl)cc1S(=O)(=O)N1CCC[C@H](Oc2ncc(F)cn2)C1. The highest BCUT2D eigenvalue weighted by Gasteiger charge is 2.32.